The summed E-state index contributed by atoms with van der Waals surface area (Å²) >= 11 is 0. The molecule has 0 radical (unpaired) electrons. The summed E-state index contributed by atoms with van der Waals surface area (Å²) in [6.07, 6.45) is 6.02. The Morgan fingerprint density at radius 3 is 2.24 bits per heavy atom. The molecule has 156 valence electrons. The van der Waals surface area contributed by atoms with E-state index in [1.807, 2.05) is 24.3 Å². The number of unbranched alkanes of at least 4 members (excludes halogenated alkanes) is 4. The SMILES string of the molecule is CCCCCCCOc1cccc(NCC(=O)Nc2ccc(NC(C)=O)cc2)c1. The van der Waals surface area contributed by atoms with Crippen LogP contribution in [0.1, 0.15) is 46.0 Å². The van der Waals surface area contributed by atoms with E-state index >= 15 is 0 Å². The second kappa shape index (κ2) is 12.4. The van der Waals surface area contributed by atoms with Crippen molar-refractivity contribution in [2.75, 3.05) is 29.1 Å². The molecule has 0 saturated heterocycles. The van der Waals surface area contributed by atoms with Crippen molar-refractivity contribution in [2.24, 2.45) is 0 Å². The quantitative estimate of drug-likeness (QED) is 0.438. The summed E-state index contributed by atoms with van der Waals surface area (Å²) < 4.78 is 5.80. The van der Waals surface area contributed by atoms with Crippen molar-refractivity contribution in [3.63, 3.8) is 0 Å². The van der Waals surface area contributed by atoms with Gasteiger partial charge in [0.05, 0.1) is 13.2 Å². The van der Waals surface area contributed by atoms with Crippen molar-refractivity contribution >= 4 is 28.9 Å². The molecule has 0 aromatic heterocycles. The molecule has 0 saturated carbocycles. The maximum atomic E-state index is 12.2. The molecule has 0 aliphatic carbocycles. The standard InChI is InChI=1S/C23H31N3O3/c1-3-4-5-6-7-15-29-22-10-8-9-21(16-22)24-17-23(28)26-20-13-11-19(12-14-20)25-18(2)27/h8-14,16,24H,3-7,15,17H2,1-2H3,(H,25,27)(H,26,28). The molecule has 6 nitrogen and oxygen atoms in total. The number of anilines is 3. The van der Waals surface area contributed by atoms with Gasteiger partial charge in [0.15, 0.2) is 0 Å². The van der Waals surface area contributed by atoms with Crippen LogP contribution in [0.4, 0.5) is 17.1 Å². The molecule has 6 heteroatoms. The summed E-state index contributed by atoms with van der Waals surface area (Å²) in [6, 6.07) is 14.6. The van der Waals surface area contributed by atoms with E-state index < -0.39 is 0 Å². The average molecular weight is 398 g/mol. The maximum absolute atomic E-state index is 12.2. The Balaban J connectivity index is 1.73. The third kappa shape index (κ3) is 9.14. The van der Waals surface area contributed by atoms with E-state index in [0.29, 0.717) is 18.0 Å². The van der Waals surface area contributed by atoms with E-state index in [2.05, 4.69) is 22.9 Å². The fourth-order valence-electron chi connectivity index (χ4n) is 2.82. The van der Waals surface area contributed by atoms with Gasteiger partial charge >= 0.3 is 0 Å². The van der Waals surface area contributed by atoms with Gasteiger partial charge in [-0.15, -0.1) is 0 Å². The molecule has 2 aromatic rings. The zero-order valence-electron chi connectivity index (χ0n) is 17.3. The van der Waals surface area contributed by atoms with Gasteiger partial charge in [-0.2, -0.15) is 0 Å². The predicted octanol–water partition coefficient (Wildman–Crippen LogP) is 5.04. The summed E-state index contributed by atoms with van der Waals surface area (Å²) in [6.45, 7) is 4.52. The summed E-state index contributed by atoms with van der Waals surface area (Å²) in [7, 11) is 0. The first kappa shape index (κ1) is 22.3. The van der Waals surface area contributed by atoms with E-state index in [9.17, 15) is 9.59 Å². The van der Waals surface area contributed by atoms with Gasteiger partial charge < -0.3 is 20.7 Å². The molecule has 0 spiro atoms. The van der Waals surface area contributed by atoms with Crippen molar-refractivity contribution in [2.45, 2.75) is 46.0 Å². The van der Waals surface area contributed by atoms with Gasteiger partial charge in [-0.1, -0.05) is 38.7 Å². The number of benzene rings is 2. The minimum absolute atomic E-state index is 0.131. The van der Waals surface area contributed by atoms with Crippen LogP contribution in [0, 0.1) is 0 Å². The number of nitrogens with one attached hydrogen (secondary N) is 3. The lowest BCUT2D eigenvalue weighted by atomic mass is 10.2. The summed E-state index contributed by atoms with van der Waals surface area (Å²) in [5, 5.41) is 8.62. The van der Waals surface area contributed by atoms with Gasteiger partial charge in [0, 0.05) is 30.1 Å². The molecular formula is C23H31N3O3. The van der Waals surface area contributed by atoms with Crippen LogP contribution in [0.5, 0.6) is 5.75 Å². The molecule has 0 aliphatic rings. The number of rotatable bonds is 12. The topological polar surface area (TPSA) is 79.5 Å². The Bertz CT molecular complexity index is 775. The molecule has 0 unspecified atom stereocenters. The molecule has 0 aliphatic heterocycles. The molecule has 0 atom stereocenters. The number of carbonyl (C=O) groups excluding carboxylic acids is 2. The maximum Gasteiger partial charge on any atom is 0.243 e. The van der Waals surface area contributed by atoms with Crippen LogP contribution in [0.3, 0.4) is 0 Å². The Morgan fingerprint density at radius 2 is 1.55 bits per heavy atom. The van der Waals surface area contributed by atoms with Crippen LogP contribution in [0.25, 0.3) is 0 Å². The van der Waals surface area contributed by atoms with Crippen molar-refractivity contribution < 1.29 is 14.3 Å². The van der Waals surface area contributed by atoms with Gasteiger partial charge in [-0.3, -0.25) is 9.59 Å². The van der Waals surface area contributed by atoms with Crippen molar-refractivity contribution in [3.05, 3.63) is 48.5 Å². The number of hydrogen-bond acceptors (Lipinski definition) is 4. The Morgan fingerprint density at radius 1 is 0.862 bits per heavy atom. The number of hydrogen-bond donors (Lipinski definition) is 3. The lowest BCUT2D eigenvalue weighted by Crippen LogP contribution is -2.21. The Labute approximate surface area is 173 Å². The smallest absolute Gasteiger partial charge is 0.243 e. The zero-order valence-corrected chi connectivity index (χ0v) is 17.3. The fraction of sp³-hybridized carbons (Fsp3) is 0.391. The molecule has 0 fully saturated rings. The number of amides is 2. The molecular weight excluding hydrogens is 366 g/mol. The largest absolute Gasteiger partial charge is 0.494 e. The summed E-state index contributed by atoms with van der Waals surface area (Å²) in [5.74, 6) is 0.521. The van der Waals surface area contributed by atoms with Crippen molar-refractivity contribution in [3.8, 4) is 5.75 Å². The van der Waals surface area contributed by atoms with E-state index in [4.69, 9.17) is 4.74 Å². The van der Waals surface area contributed by atoms with E-state index in [-0.39, 0.29) is 18.4 Å². The highest BCUT2D eigenvalue weighted by molar-refractivity contribution is 5.94. The third-order valence-corrected chi connectivity index (χ3v) is 4.29. The first-order chi connectivity index (χ1) is 14.1. The second-order valence-electron chi connectivity index (χ2n) is 6.95. The van der Waals surface area contributed by atoms with E-state index in [1.54, 1.807) is 24.3 Å². The van der Waals surface area contributed by atoms with Crippen LogP contribution in [0.15, 0.2) is 48.5 Å². The van der Waals surface area contributed by atoms with E-state index in [0.717, 1.165) is 17.9 Å². The van der Waals surface area contributed by atoms with Crippen LogP contribution >= 0.6 is 0 Å². The summed E-state index contributed by atoms with van der Waals surface area (Å²) in [5.41, 5.74) is 2.20. The fourth-order valence-corrected chi connectivity index (χ4v) is 2.82. The molecule has 0 bridgehead atoms. The number of ether oxygens (including phenoxy) is 1. The normalized spacial score (nSPS) is 10.3. The molecule has 2 rings (SSSR count). The van der Waals surface area contributed by atoms with Crippen LogP contribution in [-0.4, -0.2) is 25.0 Å². The van der Waals surface area contributed by atoms with Crippen LogP contribution in [-0.2, 0) is 9.59 Å². The zero-order chi connectivity index (χ0) is 20.9. The van der Waals surface area contributed by atoms with Crippen molar-refractivity contribution in [1.29, 1.82) is 0 Å². The van der Waals surface area contributed by atoms with Gasteiger partial charge in [-0.05, 0) is 42.8 Å². The van der Waals surface area contributed by atoms with Gasteiger partial charge in [0.25, 0.3) is 0 Å². The highest BCUT2D eigenvalue weighted by Crippen LogP contribution is 2.18. The van der Waals surface area contributed by atoms with Crippen molar-refractivity contribution in [1.82, 2.24) is 0 Å². The first-order valence-electron chi connectivity index (χ1n) is 10.2. The van der Waals surface area contributed by atoms with Gasteiger partial charge in [0.2, 0.25) is 11.8 Å². The van der Waals surface area contributed by atoms with Gasteiger partial charge in [0.1, 0.15) is 5.75 Å². The minimum atomic E-state index is -0.153. The molecule has 2 aromatic carbocycles. The highest BCUT2D eigenvalue weighted by atomic mass is 16.5. The second-order valence-corrected chi connectivity index (χ2v) is 6.95. The summed E-state index contributed by atoms with van der Waals surface area (Å²) in [4.78, 5) is 23.2. The highest BCUT2D eigenvalue weighted by Gasteiger charge is 2.04. The van der Waals surface area contributed by atoms with Crippen LogP contribution in [0.2, 0.25) is 0 Å². The van der Waals surface area contributed by atoms with Gasteiger partial charge in [-0.25, -0.2) is 0 Å². The average Bonchev–Trinajstić information content (AvgIpc) is 2.70. The van der Waals surface area contributed by atoms with E-state index in [1.165, 1.54) is 32.6 Å². The Hall–Kier alpha value is -3.02. The van der Waals surface area contributed by atoms with Crippen LogP contribution < -0.4 is 20.7 Å². The lowest BCUT2D eigenvalue weighted by Gasteiger charge is -2.11. The third-order valence-electron chi connectivity index (χ3n) is 4.29. The molecule has 0 heterocycles. The molecule has 2 amide bonds. The lowest BCUT2D eigenvalue weighted by molar-refractivity contribution is -0.115. The Kier molecular flexibility index (Phi) is 9.55. The minimum Gasteiger partial charge on any atom is -0.494 e. The molecule has 29 heavy (non-hydrogen) atoms. The number of carbonyl (C=O) groups is 2. The first-order valence-corrected chi connectivity index (χ1v) is 10.2. The predicted molar refractivity (Wildman–Crippen MR) is 119 cm³/mol. The molecule has 3 N–H and O–H groups in total. The monoisotopic (exact) mass is 397 g/mol.